The van der Waals surface area contributed by atoms with Crippen molar-refractivity contribution in [2.24, 2.45) is 11.8 Å². The molecule has 2 fully saturated rings. The van der Waals surface area contributed by atoms with Gasteiger partial charge in [0.1, 0.15) is 0 Å². The number of hydrogen-bond acceptors (Lipinski definition) is 1. The number of rotatable bonds is 3. The Hall–Kier alpha value is -1.25. The maximum atomic E-state index is 14.3. The van der Waals surface area contributed by atoms with E-state index in [1.807, 2.05) is 0 Å². The summed E-state index contributed by atoms with van der Waals surface area (Å²) >= 11 is 0. The Kier molecular flexibility index (Phi) is 5.13. The summed E-state index contributed by atoms with van der Waals surface area (Å²) in [5, 5.41) is 0. The minimum Gasteiger partial charge on any atom is -0.294 e. The molecule has 3 heteroatoms. The van der Waals surface area contributed by atoms with Gasteiger partial charge in [-0.1, -0.05) is 38.2 Å². The molecular formula is C20H26F2O. The highest BCUT2D eigenvalue weighted by molar-refractivity contribution is 5.94. The molecule has 0 radical (unpaired) electrons. The van der Waals surface area contributed by atoms with E-state index in [0.717, 1.165) is 37.5 Å². The van der Waals surface area contributed by atoms with E-state index >= 15 is 0 Å². The molecule has 0 N–H and O–H groups in total. The largest absolute Gasteiger partial charge is 0.294 e. The fraction of sp³-hybridized carbons (Fsp3) is 0.650. The molecule has 2 aliphatic carbocycles. The van der Waals surface area contributed by atoms with Gasteiger partial charge in [-0.3, -0.25) is 4.79 Å². The molecule has 0 aromatic heterocycles. The minimum absolute atomic E-state index is 0.102. The molecule has 2 saturated carbocycles. The van der Waals surface area contributed by atoms with Crippen LogP contribution < -0.4 is 0 Å². The van der Waals surface area contributed by atoms with E-state index in [-0.39, 0.29) is 11.5 Å². The summed E-state index contributed by atoms with van der Waals surface area (Å²) in [4.78, 5) is 11.3. The molecule has 0 atom stereocenters. The third-order valence-corrected chi connectivity index (χ3v) is 6.02. The van der Waals surface area contributed by atoms with Gasteiger partial charge in [0.25, 0.3) is 0 Å². The van der Waals surface area contributed by atoms with Crippen molar-refractivity contribution >= 4 is 5.78 Å². The Bertz CT molecular complexity index is 567. The maximum absolute atomic E-state index is 14.3. The first-order chi connectivity index (χ1) is 11.1. The third kappa shape index (κ3) is 3.49. The van der Waals surface area contributed by atoms with Gasteiger partial charge < -0.3 is 0 Å². The van der Waals surface area contributed by atoms with E-state index in [9.17, 15) is 13.6 Å². The Morgan fingerprint density at radius 2 is 1.48 bits per heavy atom. The number of carbonyl (C=O) groups is 1. The van der Waals surface area contributed by atoms with Crippen molar-refractivity contribution in [3.8, 4) is 0 Å². The molecule has 0 bridgehead atoms. The second kappa shape index (κ2) is 7.11. The van der Waals surface area contributed by atoms with E-state index < -0.39 is 17.4 Å². The molecule has 1 nitrogen and oxygen atoms in total. The second-order valence-corrected chi connectivity index (χ2v) is 7.40. The summed E-state index contributed by atoms with van der Waals surface area (Å²) in [7, 11) is 0. The van der Waals surface area contributed by atoms with Gasteiger partial charge in [-0.2, -0.15) is 0 Å². The number of benzene rings is 1. The van der Waals surface area contributed by atoms with Gasteiger partial charge in [0.05, 0.1) is 5.56 Å². The van der Waals surface area contributed by atoms with Crippen molar-refractivity contribution in [1.29, 1.82) is 0 Å². The topological polar surface area (TPSA) is 17.1 Å². The van der Waals surface area contributed by atoms with Gasteiger partial charge in [-0.05, 0) is 62.0 Å². The van der Waals surface area contributed by atoms with Gasteiger partial charge in [-0.15, -0.1) is 0 Å². The van der Waals surface area contributed by atoms with Crippen LogP contribution in [0.15, 0.2) is 12.1 Å². The standard InChI is InChI=1S/C20H26F2O/c1-13(23)17-11-12-18(20(22)19(17)21)16-9-7-15(8-10-16)14-5-3-2-4-6-14/h11-12,14-16H,2-10H2,1H3. The van der Waals surface area contributed by atoms with Crippen LogP contribution in [0.1, 0.15) is 86.6 Å². The van der Waals surface area contributed by atoms with Crippen molar-refractivity contribution in [2.75, 3.05) is 0 Å². The van der Waals surface area contributed by atoms with Gasteiger partial charge in [0, 0.05) is 0 Å². The monoisotopic (exact) mass is 320 g/mol. The predicted octanol–water partition coefficient (Wildman–Crippen LogP) is 6.02. The Morgan fingerprint density at radius 1 is 0.870 bits per heavy atom. The lowest BCUT2D eigenvalue weighted by atomic mass is 9.70. The second-order valence-electron chi connectivity index (χ2n) is 7.40. The van der Waals surface area contributed by atoms with Crippen LogP contribution in [-0.2, 0) is 0 Å². The first-order valence-electron chi connectivity index (χ1n) is 9.06. The van der Waals surface area contributed by atoms with Crippen LogP contribution in [0.3, 0.4) is 0 Å². The lowest BCUT2D eigenvalue weighted by Crippen LogP contribution is -2.23. The molecule has 0 amide bonds. The predicted molar refractivity (Wildman–Crippen MR) is 87.6 cm³/mol. The maximum Gasteiger partial charge on any atom is 0.169 e. The zero-order chi connectivity index (χ0) is 16.4. The van der Waals surface area contributed by atoms with Gasteiger partial charge in [0.2, 0.25) is 0 Å². The summed E-state index contributed by atoms with van der Waals surface area (Å²) in [6.45, 7) is 1.27. The normalized spacial score (nSPS) is 26.2. The summed E-state index contributed by atoms with van der Waals surface area (Å²) < 4.78 is 28.4. The van der Waals surface area contributed by atoms with Crippen molar-refractivity contribution < 1.29 is 13.6 Å². The number of hydrogen-bond donors (Lipinski definition) is 0. The first-order valence-corrected chi connectivity index (χ1v) is 9.06. The average molecular weight is 320 g/mol. The highest BCUT2D eigenvalue weighted by atomic mass is 19.2. The highest BCUT2D eigenvalue weighted by Crippen LogP contribution is 2.43. The molecule has 0 aliphatic heterocycles. The van der Waals surface area contributed by atoms with E-state index in [1.54, 1.807) is 6.07 Å². The minimum atomic E-state index is -0.968. The number of ketones is 1. The van der Waals surface area contributed by atoms with Crippen LogP contribution >= 0.6 is 0 Å². The van der Waals surface area contributed by atoms with Crippen molar-refractivity contribution in [1.82, 2.24) is 0 Å². The van der Waals surface area contributed by atoms with Crippen LogP contribution in [0.5, 0.6) is 0 Å². The molecule has 1 aromatic carbocycles. The van der Waals surface area contributed by atoms with Crippen LogP contribution in [0.2, 0.25) is 0 Å². The molecule has 0 heterocycles. The molecule has 126 valence electrons. The first kappa shape index (κ1) is 16.6. The van der Waals surface area contributed by atoms with E-state index in [4.69, 9.17) is 0 Å². The van der Waals surface area contributed by atoms with Crippen molar-refractivity contribution in [3.63, 3.8) is 0 Å². The van der Waals surface area contributed by atoms with Gasteiger partial charge in [-0.25, -0.2) is 8.78 Å². The van der Waals surface area contributed by atoms with Gasteiger partial charge in [0.15, 0.2) is 17.4 Å². The zero-order valence-electron chi connectivity index (χ0n) is 13.9. The highest BCUT2D eigenvalue weighted by Gasteiger charge is 2.31. The average Bonchev–Trinajstić information content (AvgIpc) is 2.58. The Labute approximate surface area is 137 Å². The van der Waals surface area contributed by atoms with Crippen molar-refractivity contribution in [2.45, 2.75) is 70.6 Å². The smallest absolute Gasteiger partial charge is 0.169 e. The fourth-order valence-electron chi connectivity index (χ4n) is 4.66. The van der Waals surface area contributed by atoms with Crippen LogP contribution in [0.25, 0.3) is 0 Å². The molecule has 0 spiro atoms. The van der Waals surface area contributed by atoms with E-state index in [1.165, 1.54) is 45.1 Å². The summed E-state index contributed by atoms with van der Waals surface area (Å²) in [5.41, 5.74) is 0.330. The summed E-state index contributed by atoms with van der Waals surface area (Å²) in [6.07, 6.45) is 10.9. The fourth-order valence-corrected chi connectivity index (χ4v) is 4.66. The van der Waals surface area contributed by atoms with Crippen LogP contribution in [0, 0.1) is 23.5 Å². The molecule has 3 rings (SSSR count). The lowest BCUT2D eigenvalue weighted by molar-refractivity contribution is 0.101. The number of halogens is 2. The molecule has 23 heavy (non-hydrogen) atoms. The van der Waals surface area contributed by atoms with E-state index in [2.05, 4.69) is 0 Å². The summed E-state index contributed by atoms with van der Waals surface area (Å²) in [5.74, 6) is -0.468. The quantitative estimate of drug-likeness (QED) is 0.622. The Balaban J connectivity index is 1.68. The number of Topliss-reactive ketones (excluding diaryl/α,β-unsaturated/α-hetero) is 1. The van der Waals surface area contributed by atoms with Gasteiger partial charge >= 0.3 is 0 Å². The SMILES string of the molecule is CC(=O)c1ccc(C2CCC(C3CCCCC3)CC2)c(F)c1F. The molecule has 0 unspecified atom stereocenters. The Morgan fingerprint density at radius 3 is 2.09 bits per heavy atom. The number of carbonyl (C=O) groups excluding carboxylic acids is 1. The molecule has 2 aliphatic rings. The zero-order valence-corrected chi connectivity index (χ0v) is 13.9. The lowest BCUT2D eigenvalue weighted by Gasteiger charge is -2.36. The molecule has 1 aromatic rings. The van der Waals surface area contributed by atoms with Crippen LogP contribution in [0.4, 0.5) is 8.78 Å². The summed E-state index contributed by atoms with van der Waals surface area (Å²) in [6, 6.07) is 3.07. The molecule has 0 saturated heterocycles. The molecular weight excluding hydrogens is 294 g/mol. The van der Waals surface area contributed by atoms with Crippen LogP contribution in [-0.4, -0.2) is 5.78 Å². The van der Waals surface area contributed by atoms with E-state index in [0.29, 0.717) is 5.56 Å². The third-order valence-electron chi connectivity index (χ3n) is 6.02. The van der Waals surface area contributed by atoms with Crippen molar-refractivity contribution in [3.05, 3.63) is 34.9 Å².